The third kappa shape index (κ3) is 22.3. The number of carbonyl (C=O) groups is 2. The van der Waals surface area contributed by atoms with Crippen molar-refractivity contribution in [1.82, 2.24) is 9.80 Å². The van der Waals surface area contributed by atoms with Crippen molar-refractivity contribution >= 4 is 84.5 Å². The standard InChI is InChI=1S/C70H107BrN2O2S4/c1-5-9-13-17-21-25-27-31-35-39-44-56(42-37-33-29-23-19-15-11-7-3)54-72-67(62-49-47-59(77-62)58-46-41-53-76-58)65-66(70(72)75)68(63-50-48-60(78-63)61-51-52-64(71)79-61)73(69(65)74)55-57(43-38-34-30-24-20-16-12-8-4)45-40-36-32-28-26-22-18-14-10-6-2/h41,46-53,56-57H,5-40,42-45,54-55H2,1-4H3. The van der Waals surface area contributed by atoms with Crippen molar-refractivity contribution in [1.29, 1.82) is 0 Å². The number of halogens is 1. The topological polar surface area (TPSA) is 40.6 Å². The zero-order chi connectivity index (χ0) is 55.7. The van der Waals surface area contributed by atoms with E-state index in [-0.39, 0.29) is 11.8 Å². The van der Waals surface area contributed by atoms with Gasteiger partial charge in [-0.15, -0.1) is 45.3 Å². The molecule has 0 aromatic carbocycles. The van der Waals surface area contributed by atoms with Gasteiger partial charge in [0.1, 0.15) is 0 Å². The van der Waals surface area contributed by atoms with Crippen molar-refractivity contribution in [2.45, 2.75) is 285 Å². The van der Waals surface area contributed by atoms with E-state index in [1.165, 1.54) is 251 Å². The predicted molar refractivity (Wildman–Crippen MR) is 355 cm³/mol. The monoisotopic (exact) mass is 1210 g/mol. The molecule has 2 atom stereocenters. The highest BCUT2D eigenvalue weighted by Crippen LogP contribution is 2.51. The Labute approximate surface area is 507 Å². The van der Waals surface area contributed by atoms with Gasteiger partial charge in [0.2, 0.25) is 0 Å². The van der Waals surface area contributed by atoms with E-state index in [4.69, 9.17) is 0 Å². The Kier molecular flexibility index (Phi) is 32.7. The van der Waals surface area contributed by atoms with Gasteiger partial charge >= 0.3 is 0 Å². The number of rotatable bonds is 48. The van der Waals surface area contributed by atoms with E-state index in [0.29, 0.717) is 36.1 Å². The Morgan fingerprint density at radius 3 is 0.949 bits per heavy atom. The first-order valence-electron chi connectivity index (χ1n) is 33.0. The fourth-order valence-corrected chi connectivity index (χ4v) is 16.9. The number of unbranched alkanes of at least 4 members (excludes halogenated alkanes) is 32. The van der Waals surface area contributed by atoms with Crippen LogP contribution in [0.25, 0.3) is 30.9 Å². The van der Waals surface area contributed by atoms with Gasteiger partial charge in [-0.1, -0.05) is 265 Å². The average molecular weight is 1220 g/mol. The van der Waals surface area contributed by atoms with E-state index < -0.39 is 0 Å². The van der Waals surface area contributed by atoms with Crippen molar-refractivity contribution < 1.29 is 9.59 Å². The number of fused-ring (bicyclic) bond motifs is 1. The van der Waals surface area contributed by atoms with Crippen molar-refractivity contribution in [2.24, 2.45) is 11.8 Å². The van der Waals surface area contributed by atoms with E-state index in [1.54, 1.807) is 45.3 Å². The third-order valence-corrected chi connectivity index (χ3v) is 22.3. The molecule has 2 unspecified atom stereocenters. The highest BCUT2D eigenvalue weighted by molar-refractivity contribution is 9.11. The molecule has 2 aliphatic rings. The lowest BCUT2D eigenvalue weighted by Crippen LogP contribution is -2.34. The quantitative estimate of drug-likeness (QED) is 0.0414. The number of carbonyl (C=O) groups excluding carboxylic acids is 2. The summed E-state index contributed by atoms with van der Waals surface area (Å²) in [6.45, 7) is 10.6. The van der Waals surface area contributed by atoms with Gasteiger partial charge in [0, 0.05) is 32.6 Å². The lowest BCUT2D eigenvalue weighted by molar-refractivity contribution is -0.124. The third-order valence-electron chi connectivity index (χ3n) is 17.2. The number of thiophene rings is 4. The molecule has 6 rings (SSSR count). The van der Waals surface area contributed by atoms with Crippen LogP contribution in [0.3, 0.4) is 0 Å². The van der Waals surface area contributed by atoms with Gasteiger partial charge in [-0.3, -0.25) is 9.59 Å². The summed E-state index contributed by atoms with van der Waals surface area (Å²) in [5, 5.41) is 2.15. The van der Waals surface area contributed by atoms with Gasteiger partial charge in [0.15, 0.2) is 0 Å². The Bertz CT molecular complexity index is 2330. The minimum atomic E-state index is 0.0501. The molecule has 9 heteroatoms. The van der Waals surface area contributed by atoms with Crippen molar-refractivity contribution in [3.63, 3.8) is 0 Å². The molecule has 0 saturated heterocycles. The van der Waals surface area contributed by atoms with E-state index in [9.17, 15) is 0 Å². The Balaban J connectivity index is 1.30. The zero-order valence-electron chi connectivity index (χ0n) is 50.3. The summed E-state index contributed by atoms with van der Waals surface area (Å²) in [6.07, 6.45) is 52.0. The first-order chi connectivity index (χ1) is 38.9. The van der Waals surface area contributed by atoms with E-state index in [1.807, 2.05) is 0 Å². The van der Waals surface area contributed by atoms with E-state index in [2.05, 4.69) is 107 Å². The Hall–Kier alpha value is -2.30. The van der Waals surface area contributed by atoms with Gasteiger partial charge in [0.25, 0.3) is 11.8 Å². The summed E-state index contributed by atoms with van der Waals surface area (Å²) in [5.74, 6) is 0.880. The van der Waals surface area contributed by atoms with Gasteiger partial charge in [-0.2, -0.15) is 0 Å². The highest BCUT2D eigenvalue weighted by atomic mass is 79.9. The second-order valence-electron chi connectivity index (χ2n) is 23.9. The molecule has 2 aliphatic heterocycles. The fraction of sp³-hybridized carbons (Fsp3) is 0.686. The van der Waals surface area contributed by atoms with Crippen molar-refractivity contribution in [3.05, 3.63) is 78.6 Å². The molecule has 0 radical (unpaired) electrons. The Morgan fingerprint density at radius 1 is 0.354 bits per heavy atom. The van der Waals surface area contributed by atoms with Crippen LogP contribution in [0.4, 0.5) is 0 Å². The van der Waals surface area contributed by atoms with E-state index >= 15 is 9.59 Å². The van der Waals surface area contributed by atoms with Crippen LogP contribution in [-0.4, -0.2) is 34.7 Å². The predicted octanol–water partition coefficient (Wildman–Crippen LogP) is 24.8. The van der Waals surface area contributed by atoms with Gasteiger partial charge < -0.3 is 9.80 Å². The number of nitrogens with zero attached hydrogens (tertiary/aromatic N) is 2. The molecule has 6 heterocycles. The summed E-state index contributed by atoms with van der Waals surface area (Å²) in [5.41, 5.74) is 3.10. The summed E-state index contributed by atoms with van der Waals surface area (Å²) in [4.78, 5) is 43.2. The largest absolute Gasteiger partial charge is 0.306 e. The second-order valence-corrected chi connectivity index (χ2v) is 29.5. The molecule has 0 aliphatic carbocycles. The average Bonchev–Trinajstić information content (AvgIpc) is 3.58. The van der Waals surface area contributed by atoms with Crippen LogP contribution >= 0.6 is 61.3 Å². The summed E-state index contributed by atoms with van der Waals surface area (Å²) in [6, 6.07) is 17.6. The molecule has 4 aromatic rings. The number of hydrogen-bond donors (Lipinski definition) is 0. The normalized spacial score (nSPS) is 14.5. The molecule has 4 nitrogen and oxygen atoms in total. The molecule has 79 heavy (non-hydrogen) atoms. The highest BCUT2D eigenvalue weighted by Gasteiger charge is 2.50. The molecule has 0 bridgehead atoms. The Morgan fingerprint density at radius 2 is 0.646 bits per heavy atom. The van der Waals surface area contributed by atoms with Crippen LogP contribution in [0.5, 0.6) is 0 Å². The minimum absolute atomic E-state index is 0.0501. The second kappa shape index (κ2) is 39.3. The lowest BCUT2D eigenvalue weighted by Gasteiger charge is -2.29. The maximum absolute atomic E-state index is 16.0. The zero-order valence-corrected chi connectivity index (χ0v) is 55.1. The molecule has 0 spiro atoms. The van der Waals surface area contributed by atoms with Gasteiger partial charge in [-0.25, -0.2) is 0 Å². The molecule has 440 valence electrons. The summed E-state index contributed by atoms with van der Waals surface area (Å²) < 4.78 is 1.11. The minimum Gasteiger partial charge on any atom is -0.306 e. The molecular weight excluding hydrogens is 1110 g/mol. The molecule has 0 N–H and O–H groups in total. The van der Waals surface area contributed by atoms with Gasteiger partial charge in [0.05, 0.1) is 36.1 Å². The first-order valence-corrected chi connectivity index (χ1v) is 37.1. The van der Waals surface area contributed by atoms with E-state index in [0.717, 1.165) is 50.6 Å². The van der Waals surface area contributed by atoms with Crippen molar-refractivity contribution in [3.8, 4) is 19.5 Å². The van der Waals surface area contributed by atoms with Crippen LogP contribution in [0.15, 0.2) is 68.8 Å². The van der Waals surface area contributed by atoms with Gasteiger partial charge in [-0.05, 0) is 101 Å². The summed E-state index contributed by atoms with van der Waals surface area (Å²) >= 11 is 10.8. The van der Waals surface area contributed by atoms with Crippen LogP contribution in [0.1, 0.15) is 294 Å². The number of amides is 2. The van der Waals surface area contributed by atoms with Crippen LogP contribution in [0.2, 0.25) is 0 Å². The van der Waals surface area contributed by atoms with Crippen LogP contribution in [-0.2, 0) is 9.59 Å². The smallest absolute Gasteiger partial charge is 0.261 e. The molecule has 4 aromatic heterocycles. The fourth-order valence-electron chi connectivity index (χ4n) is 12.5. The molecule has 0 saturated carbocycles. The van der Waals surface area contributed by atoms with Crippen molar-refractivity contribution in [2.75, 3.05) is 13.1 Å². The molecule has 2 amide bonds. The van der Waals surface area contributed by atoms with Crippen LogP contribution in [0, 0.1) is 11.8 Å². The SMILES string of the molecule is CCCCCCCCCCCCC(CCCCCCCCCC)CN1C(=O)C2=C(c3ccc(-c4ccc(Br)s4)s3)N(CC(CCCCCCCCCC)CCCCCCCCCCCC)C(=O)C2=C1c1ccc(-c2cccs2)s1. The molecule has 0 fully saturated rings. The molecular formula is C70H107BrN2O2S4. The maximum Gasteiger partial charge on any atom is 0.261 e. The maximum atomic E-state index is 16.0. The van der Waals surface area contributed by atoms with Crippen LogP contribution < -0.4 is 0 Å². The number of hydrogen-bond acceptors (Lipinski definition) is 6. The summed E-state index contributed by atoms with van der Waals surface area (Å²) in [7, 11) is 0. The lowest BCUT2D eigenvalue weighted by atomic mass is 9.93. The first kappa shape index (κ1) is 65.8.